The third kappa shape index (κ3) is 2.20. The van der Waals surface area contributed by atoms with Crippen LogP contribution in [0.4, 0.5) is 10.1 Å². The molecule has 2 aromatic carbocycles. The quantitative estimate of drug-likeness (QED) is 0.760. The highest BCUT2D eigenvalue weighted by atomic mass is 19.1. The van der Waals surface area contributed by atoms with E-state index in [2.05, 4.69) is 39.1 Å². The second-order valence-electron chi connectivity index (χ2n) is 7.26. The summed E-state index contributed by atoms with van der Waals surface area (Å²) in [6, 6.07) is 14.3. The van der Waals surface area contributed by atoms with Crippen LogP contribution in [0.2, 0.25) is 0 Å². The van der Waals surface area contributed by atoms with E-state index in [1.165, 1.54) is 23.3 Å². The zero-order valence-electron chi connectivity index (χ0n) is 14.2. The van der Waals surface area contributed by atoms with Gasteiger partial charge in [0, 0.05) is 19.1 Å². The Labute approximate surface area is 152 Å². The van der Waals surface area contributed by atoms with E-state index in [0.29, 0.717) is 18.0 Å². The maximum Gasteiger partial charge on any atom is 0.224 e. The molecule has 0 radical (unpaired) electrons. The number of halogens is 1. The van der Waals surface area contributed by atoms with Crippen LogP contribution in [0.3, 0.4) is 0 Å². The van der Waals surface area contributed by atoms with Crippen LogP contribution in [0.5, 0.6) is 0 Å². The van der Waals surface area contributed by atoms with Crippen molar-refractivity contribution < 1.29 is 10.6 Å². The van der Waals surface area contributed by atoms with Crippen molar-refractivity contribution in [2.24, 2.45) is 5.92 Å². The summed E-state index contributed by atoms with van der Waals surface area (Å²) < 4.78 is 15.2. The minimum absolute atomic E-state index is 0. The second-order valence-corrected chi connectivity index (χ2v) is 7.26. The molecule has 1 spiro atoms. The Morgan fingerprint density at radius 1 is 1.23 bits per heavy atom. The number of nitrogens with zero attached hydrogens (tertiary/aromatic N) is 2. The molecule has 0 atom stereocenters. The maximum atomic E-state index is 13.0. The van der Waals surface area contributed by atoms with Gasteiger partial charge in [-0.1, -0.05) is 24.3 Å². The molecule has 5 rings (SSSR count). The van der Waals surface area contributed by atoms with Crippen LogP contribution in [0, 0.1) is 11.7 Å². The molecule has 1 aromatic heterocycles. The van der Waals surface area contributed by atoms with Gasteiger partial charge in [0.2, 0.25) is 5.91 Å². The summed E-state index contributed by atoms with van der Waals surface area (Å²) in [7, 11) is 0. The summed E-state index contributed by atoms with van der Waals surface area (Å²) in [4.78, 5) is 16.6. The highest BCUT2D eigenvalue weighted by Crippen LogP contribution is 2.57. The van der Waals surface area contributed by atoms with E-state index in [4.69, 9.17) is 0 Å². The number of hydrogen-bond acceptors (Lipinski definition) is 2. The van der Waals surface area contributed by atoms with E-state index in [-0.39, 0.29) is 18.7 Å². The van der Waals surface area contributed by atoms with Crippen molar-refractivity contribution in [3.05, 3.63) is 72.4 Å². The number of benzene rings is 2. The number of carbonyl (C=O) groups is 1. The largest absolute Gasteiger partial charge is 0.326 e. The lowest BCUT2D eigenvalue weighted by molar-refractivity contribution is -0.118. The fraction of sp³-hybridized carbons (Fsp3) is 0.238. The van der Waals surface area contributed by atoms with E-state index in [9.17, 15) is 9.18 Å². The summed E-state index contributed by atoms with van der Waals surface area (Å²) in [5.41, 5.74) is 4.33. The first kappa shape index (κ1) is 15.3. The van der Waals surface area contributed by atoms with Gasteiger partial charge in [-0.15, -0.1) is 0 Å². The van der Waals surface area contributed by atoms with E-state index in [1.807, 2.05) is 12.5 Å². The van der Waals surface area contributed by atoms with Crippen molar-refractivity contribution in [2.75, 3.05) is 5.32 Å². The van der Waals surface area contributed by atoms with E-state index < -0.39 is 0 Å². The number of aromatic nitrogens is 2. The highest BCUT2D eigenvalue weighted by molar-refractivity contribution is 5.91. The van der Waals surface area contributed by atoms with Gasteiger partial charge in [-0.2, -0.15) is 0 Å². The molecule has 3 aromatic rings. The van der Waals surface area contributed by atoms with Crippen molar-refractivity contribution in [2.45, 2.75) is 24.8 Å². The van der Waals surface area contributed by atoms with E-state index in [1.54, 1.807) is 12.1 Å². The fourth-order valence-electron chi connectivity index (χ4n) is 4.54. The van der Waals surface area contributed by atoms with Gasteiger partial charge in [0.25, 0.3) is 0 Å². The Kier molecular flexibility index (Phi) is 3.26. The van der Waals surface area contributed by atoms with Gasteiger partial charge in [0.1, 0.15) is 5.82 Å². The van der Waals surface area contributed by atoms with Gasteiger partial charge >= 0.3 is 0 Å². The van der Waals surface area contributed by atoms with Crippen LogP contribution in [-0.2, 0) is 10.3 Å². The third-order valence-corrected chi connectivity index (χ3v) is 5.66. The molecule has 5 heteroatoms. The highest BCUT2D eigenvalue weighted by Gasteiger charge is 2.52. The summed E-state index contributed by atoms with van der Waals surface area (Å²) >= 11 is 0. The lowest BCUT2D eigenvalue weighted by atomic mass is 9.64. The van der Waals surface area contributed by atoms with Crippen LogP contribution in [0.15, 0.2) is 61.1 Å². The molecule has 1 amide bonds. The predicted molar refractivity (Wildman–Crippen MR) is 99.2 cm³/mol. The fourth-order valence-corrected chi connectivity index (χ4v) is 4.54. The minimum atomic E-state index is -0.306. The van der Waals surface area contributed by atoms with Crippen LogP contribution >= 0.6 is 0 Å². The molecular weight excluding hydrogens is 329 g/mol. The molecule has 1 aliphatic carbocycles. The molecule has 26 heavy (non-hydrogen) atoms. The molecule has 1 aliphatic heterocycles. The van der Waals surface area contributed by atoms with Gasteiger partial charge in [0.15, 0.2) is 0 Å². The predicted octanol–water partition coefficient (Wildman–Crippen LogP) is 4.43. The molecule has 1 N–H and O–H groups in total. The molecule has 1 fully saturated rings. The smallest absolute Gasteiger partial charge is 0.224 e. The zero-order valence-corrected chi connectivity index (χ0v) is 14.2. The molecule has 1 saturated carbocycles. The number of nitrogens with one attached hydrogen (secondary N) is 1. The average molecular weight is 349 g/mol. The molecular formula is C21H20FN3O. The van der Waals surface area contributed by atoms with Crippen molar-refractivity contribution in [3.8, 4) is 11.3 Å². The van der Waals surface area contributed by atoms with Crippen molar-refractivity contribution >= 4 is 11.6 Å². The Bertz CT molecular complexity index is 993. The number of imidazole rings is 1. The maximum absolute atomic E-state index is 13.0. The first-order valence-corrected chi connectivity index (χ1v) is 8.84. The number of anilines is 1. The average Bonchev–Trinajstić information content (AvgIpc) is 3.18. The summed E-state index contributed by atoms with van der Waals surface area (Å²) in [6.07, 6.45) is 6.17. The number of amides is 1. The molecule has 0 saturated heterocycles. The van der Waals surface area contributed by atoms with E-state index in [0.717, 1.165) is 18.5 Å². The molecule has 0 bridgehead atoms. The normalized spacial score (nSPS) is 22.6. The van der Waals surface area contributed by atoms with Crippen LogP contribution < -0.4 is 5.32 Å². The summed E-state index contributed by atoms with van der Waals surface area (Å²) in [5, 5.41) is 2.86. The number of hydrogen-bond donors (Lipinski definition) is 1. The SMILES string of the molecule is O=C(CC1CC2(C1)c1ccccc1-c1cncn12)Nc1ccc(F)cc1.[HH]. The topological polar surface area (TPSA) is 46.9 Å². The standard InChI is InChI=1S/C21H18FN3O.H2/c22-15-5-7-16(8-6-15)24-20(26)9-14-10-21(11-14)18-4-2-1-3-17(18)19-12-23-13-25(19)21;/h1-8,12-14H,9-11H2,(H,24,26);1H. The molecule has 0 unspecified atom stereocenters. The number of fused-ring (bicyclic) bond motifs is 5. The molecule has 2 aliphatic rings. The van der Waals surface area contributed by atoms with E-state index >= 15 is 0 Å². The monoisotopic (exact) mass is 349 g/mol. The minimum Gasteiger partial charge on any atom is -0.326 e. The van der Waals surface area contributed by atoms with Crippen LogP contribution in [0.25, 0.3) is 11.3 Å². The summed E-state index contributed by atoms with van der Waals surface area (Å²) in [6.45, 7) is 0. The molecule has 2 heterocycles. The van der Waals surface area contributed by atoms with Crippen molar-refractivity contribution in [3.63, 3.8) is 0 Å². The van der Waals surface area contributed by atoms with Crippen molar-refractivity contribution in [1.29, 1.82) is 0 Å². The van der Waals surface area contributed by atoms with Gasteiger partial charge in [-0.3, -0.25) is 4.79 Å². The Morgan fingerprint density at radius 2 is 2.00 bits per heavy atom. The number of carbonyl (C=O) groups excluding carboxylic acids is 1. The Morgan fingerprint density at radius 3 is 2.81 bits per heavy atom. The van der Waals surface area contributed by atoms with Gasteiger partial charge in [-0.05, 0) is 48.6 Å². The Hall–Kier alpha value is -2.95. The zero-order chi connectivity index (χ0) is 17.7. The summed E-state index contributed by atoms with van der Waals surface area (Å²) in [5.74, 6) is 0.00502. The lowest BCUT2D eigenvalue weighted by Crippen LogP contribution is -2.46. The van der Waals surface area contributed by atoms with Crippen LogP contribution in [0.1, 0.15) is 26.3 Å². The third-order valence-electron chi connectivity index (χ3n) is 5.66. The van der Waals surface area contributed by atoms with Crippen molar-refractivity contribution in [1.82, 2.24) is 9.55 Å². The molecule has 132 valence electrons. The second kappa shape index (κ2) is 5.53. The molecule has 4 nitrogen and oxygen atoms in total. The van der Waals surface area contributed by atoms with Gasteiger partial charge in [-0.25, -0.2) is 9.37 Å². The van der Waals surface area contributed by atoms with Crippen LogP contribution in [-0.4, -0.2) is 15.5 Å². The Balaban J connectivity index is 0.00000180. The van der Waals surface area contributed by atoms with Gasteiger partial charge in [0.05, 0.1) is 23.8 Å². The van der Waals surface area contributed by atoms with Gasteiger partial charge < -0.3 is 9.88 Å². The first-order valence-electron chi connectivity index (χ1n) is 8.84. The lowest BCUT2D eigenvalue weighted by Gasteiger charge is -2.47. The number of rotatable bonds is 3. The first-order chi connectivity index (χ1) is 12.7.